The fraction of sp³-hybridized carbons (Fsp3) is 0.368. The minimum absolute atomic E-state index is 0.106. The van der Waals surface area contributed by atoms with Crippen LogP contribution in [0, 0.1) is 12.7 Å². The molecule has 112 valence electrons. The van der Waals surface area contributed by atoms with E-state index >= 15 is 0 Å². The van der Waals surface area contributed by atoms with Crippen LogP contribution in [0.5, 0.6) is 0 Å². The van der Waals surface area contributed by atoms with Gasteiger partial charge >= 0.3 is 0 Å². The van der Waals surface area contributed by atoms with E-state index in [0.717, 1.165) is 31.5 Å². The highest BCUT2D eigenvalue weighted by atomic mass is 19.1. The van der Waals surface area contributed by atoms with Crippen molar-refractivity contribution in [1.82, 2.24) is 5.32 Å². The Balaban J connectivity index is 2.17. The van der Waals surface area contributed by atoms with Gasteiger partial charge in [0.1, 0.15) is 5.82 Å². The maximum absolute atomic E-state index is 13.9. The van der Waals surface area contributed by atoms with Crippen LogP contribution in [-0.4, -0.2) is 13.1 Å². The SMILES string of the molecule is CCCNCC(Cc1ccccc1F)c1cccc(C)c1. The van der Waals surface area contributed by atoms with Gasteiger partial charge in [-0.2, -0.15) is 0 Å². The lowest BCUT2D eigenvalue weighted by atomic mass is 9.90. The van der Waals surface area contributed by atoms with Crippen LogP contribution in [0.1, 0.15) is 36.0 Å². The van der Waals surface area contributed by atoms with E-state index in [1.54, 1.807) is 12.1 Å². The van der Waals surface area contributed by atoms with E-state index in [-0.39, 0.29) is 5.82 Å². The number of hydrogen-bond donors (Lipinski definition) is 1. The molecule has 2 rings (SSSR count). The molecular weight excluding hydrogens is 261 g/mol. The molecule has 2 aromatic rings. The molecule has 0 aromatic heterocycles. The molecule has 1 unspecified atom stereocenters. The Morgan fingerprint density at radius 3 is 2.62 bits per heavy atom. The molecule has 1 nitrogen and oxygen atoms in total. The van der Waals surface area contributed by atoms with Gasteiger partial charge in [-0.15, -0.1) is 0 Å². The van der Waals surface area contributed by atoms with Gasteiger partial charge in [-0.3, -0.25) is 0 Å². The number of aryl methyl sites for hydroxylation is 1. The van der Waals surface area contributed by atoms with Crippen LogP contribution in [0.25, 0.3) is 0 Å². The summed E-state index contributed by atoms with van der Waals surface area (Å²) in [6.45, 7) is 6.14. The van der Waals surface area contributed by atoms with Gasteiger partial charge in [0, 0.05) is 12.5 Å². The smallest absolute Gasteiger partial charge is 0.126 e. The lowest BCUT2D eigenvalue weighted by molar-refractivity contribution is 0.552. The Bertz CT molecular complexity index is 565. The van der Waals surface area contributed by atoms with Gasteiger partial charge in [-0.25, -0.2) is 4.39 Å². The zero-order chi connectivity index (χ0) is 15.1. The topological polar surface area (TPSA) is 12.0 Å². The molecule has 0 aliphatic carbocycles. The van der Waals surface area contributed by atoms with E-state index in [4.69, 9.17) is 0 Å². The summed E-state index contributed by atoms with van der Waals surface area (Å²) < 4.78 is 13.9. The number of rotatable bonds is 7. The fourth-order valence-corrected chi connectivity index (χ4v) is 2.61. The molecule has 0 radical (unpaired) electrons. The van der Waals surface area contributed by atoms with Gasteiger partial charge in [-0.05, 0) is 43.5 Å². The molecule has 0 aliphatic rings. The molecule has 0 amide bonds. The Kier molecular flexibility index (Phi) is 5.94. The first kappa shape index (κ1) is 15.7. The van der Waals surface area contributed by atoms with Crippen LogP contribution in [0.15, 0.2) is 48.5 Å². The zero-order valence-corrected chi connectivity index (χ0v) is 12.9. The maximum Gasteiger partial charge on any atom is 0.126 e. The molecule has 2 aromatic carbocycles. The molecule has 0 heterocycles. The lowest BCUT2D eigenvalue weighted by Crippen LogP contribution is -2.24. The van der Waals surface area contributed by atoms with Crippen molar-refractivity contribution in [3.05, 3.63) is 71.0 Å². The van der Waals surface area contributed by atoms with Crippen molar-refractivity contribution in [2.75, 3.05) is 13.1 Å². The maximum atomic E-state index is 13.9. The van der Waals surface area contributed by atoms with E-state index in [1.165, 1.54) is 11.1 Å². The minimum atomic E-state index is -0.106. The van der Waals surface area contributed by atoms with Gasteiger partial charge in [-0.1, -0.05) is 55.0 Å². The first-order chi connectivity index (χ1) is 10.2. The monoisotopic (exact) mass is 285 g/mol. The predicted molar refractivity (Wildman–Crippen MR) is 87.2 cm³/mol. The first-order valence-electron chi connectivity index (χ1n) is 7.71. The summed E-state index contributed by atoms with van der Waals surface area (Å²) in [6, 6.07) is 15.6. The van der Waals surface area contributed by atoms with E-state index in [1.807, 2.05) is 12.1 Å². The van der Waals surface area contributed by atoms with Crippen molar-refractivity contribution in [1.29, 1.82) is 0 Å². The highest BCUT2D eigenvalue weighted by Gasteiger charge is 2.14. The quantitative estimate of drug-likeness (QED) is 0.741. The van der Waals surface area contributed by atoms with Crippen molar-refractivity contribution in [2.45, 2.75) is 32.6 Å². The van der Waals surface area contributed by atoms with Crippen LogP contribution >= 0.6 is 0 Å². The van der Waals surface area contributed by atoms with Crippen molar-refractivity contribution in [2.24, 2.45) is 0 Å². The summed E-state index contributed by atoms with van der Waals surface area (Å²) in [4.78, 5) is 0. The third-order valence-corrected chi connectivity index (χ3v) is 3.76. The average Bonchev–Trinajstić information content (AvgIpc) is 2.48. The van der Waals surface area contributed by atoms with E-state index < -0.39 is 0 Å². The zero-order valence-electron chi connectivity index (χ0n) is 12.9. The molecular formula is C19H24FN. The summed E-state index contributed by atoms with van der Waals surface area (Å²) >= 11 is 0. The summed E-state index contributed by atoms with van der Waals surface area (Å²) in [7, 11) is 0. The average molecular weight is 285 g/mol. The van der Waals surface area contributed by atoms with Crippen LogP contribution < -0.4 is 5.32 Å². The van der Waals surface area contributed by atoms with Crippen LogP contribution in [0.2, 0.25) is 0 Å². The van der Waals surface area contributed by atoms with Crippen molar-refractivity contribution in [3.8, 4) is 0 Å². The third kappa shape index (κ3) is 4.68. The predicted octanol–water partition coefficient (Wildman–Crippen LogP) is 4.46. The van der Waals surface area contributed by atoms with E-state index in [2.05, 4.69) is 43.4 Å². The van der Waals surface area contributed by atoms with Gasteiger partial charge in [0.05, 0.1) is 0 Å². The Labute approximate surface area is 127 Å². The molecule has 0 bridgehead atoms. The largest absolute Gasteiger partial charge is 0.316 e. The Morgan fingerprint density at radius 1 is 1.10 bits per heavy atom. The fourth-order valence-electron chi connectivity index (χ4n) is 2.61. The van der Waals surface area contributed by atoms with Crippen molar-refractivity contribution in [3.63, 3.8) is 0 Å². The molecule has 1 N–H and O–H groups in total. The molecule has 0 aliphatic heterocycles. The summed E-state index contributed by atoms with van der Waals surface area (Å²) in [5, 5.41) is 3.47. The summed E-state index contributed by atoms with van der Waals surface area (Å²) in [6.07, 6.45) is 1.84. The number of hydrogen-bond acceptors (Lipinski definition) is 1. The molecule has 0 fully saturated rings. The molecule has 0 saturated carbocycles. The molecule has 21 heavy (non-hydrogen) atoms. The van der Waals surface area contributed by atoms with Crippen molar-refractivity contribution < 1.29 is 4.39 Å². The second-order valence-electron chi connectivity index (χ2n) is 5.61. The van der Waals surface area contributed by atoms with Gasteiger partial charge in [0.2, 0.25) is 0 Å². The molecule has 2 heteroatoms. The first-order valence-corrected chi connectivity index (χ1v) is 7.71. The number of halogens is 1. The third-order valence-electron chi connectivity index (χ3n) is 3.76. The normalized spacial score (nSPS) is 12.3. The van der Waals surface area contributed by atoms with E-state index in [9.17, 15) is 4.39 Å². The Morgan fingerprint density at radius 2 is 1.90 bits per heavy atom. The standard InChI is InChI=1S/C19H24FN/c1-3-11-21-14-18(16-9-6-7-15(2)12-16)13-17-8-4-5-10-19(17)20/h4-10,12,18,21H,3,11,13-14H2,1-2H3. The van der Waals surface area contributed by atoms with Gasteiger partial charge < -0.3 is 5.32 Å². The van der Waals surface area contributed by atoms with Gasteiger partial charge in [0.25, 0.3) is 0 Å². The van der Waals surface area contributed by atoms with Crippen LogP contribution in [0.4, 0.5) is 4.39 Å². The van der Waals surface area contributed by atoms with Crippen LogP contribution in [-0.2, 0) is 6.42 Å². The molecule has 0 saturated heterocycles. The molecule has 1 atom stereocenters. The number of benzene rings is 2. The van der Waals surface area contributed by atoms with Crippen molar-refractivity contribution >= 4 is 0 Å². The lowest BCUT2D eigenvalue weighted by Gasteiger charge is -2.19. The second-order valence-corrected chi connectivity index (χ2v) is 5.61. The number of nitrogens with one attached hydrogen (secondary N) is 1. The van der Waals surface area contributed by atoms with E-state index in [0.29, 0.717) is 5.92 Å². The molecule has 0 spiro atoms. The Hall–Kier alpha value is -1.67. The van der Waals surface area contributed by atoms with Gasteiger partial charge in [0.15, 0.2) is 0 Å². The highest BCUT2D eigenvalue weighted by molar-refractivity contribution is 5.28. The minimum Gasteiger partial charge on any atom is -0.316 e. The van der Waals surface area contributed by atoms with Crippen LogP contribution in [0.3, 0.4) is 0 Å². The summed E-state index contributed by atoms with van der Waals surface area (Å²) in [5.41, 5.74) is 3.32. The summed E-state index contributed by atoms with van der Waals surface area (Å²) in [5.74, 6) is 0.194. The highest BCUT2D eigenvalue weighted by Crippen LogP contribution is 2.22. The second kappa shape index (κ2) is 7.94.